The molecule has 18 heavy (non-hydrogen) atoms. The van der Waals surface area contributed by atoms with Crippen molar-refractivity contribution in [3.63, 3.8) is 0 Å². The normalized spacial score (nSPS) is 24.2. The molecule has 2 unspecified atom stereocenters. The lowest BCUT2D eigenvalue weighted by Gasteiger charge is -2.29. The van der Waals surface area contributed by atoms with Gasteiger partial charge in [0.25, 0.3) is 0 Å². The summed E-state index contributed by atoms with van der Waals surface area (Å²) in [6.45, 7) is 1.65. The highest BCUT2D eigenvalue weighted by molar-refractivity contribution is 7.92. The third kappa shape index (κ3) is 3.01. The summed E-state index contributed by atoms with van der Waals surface area (Å²) in [7, 11) is -2.06. The van der Waals surface area contributed by atoms with Gasteiger partial charge in [-0.1, -0.05) is 13.3 Å². The van der Waals surface area contributed by atoms with Crippen LogP contribution in [0.15, 0.2) is 0 Å². The molecule has 2 atom stereocenters. The number of amides is 1. The first kappa shape index (κ1) is 14.9. The summed E-state index contributed by atoms with van der Waals surface area (Å²) in [5, 5.41) is 7.91. The zero-order valence-electron chi connectivity index (χ0n) is 10.6. The molecule has 1 aliphatic heterocycles. The minimum Gasteiger partial charge on any atom is -0.480 e. The molecular formula is C11H19NO5S. The third-order valence-corrected chi connectivity index (χ3v) is 5.50. The van der Waals surface area contributed by atoms with Gasteiger partial charge in [-0.3, -0.25) is 4.79 Å². The van der Waals surface area contributed by atoms with Crippen molar-refractivity contribution in [3.05, 3.63) is 0 Å². The summed E-state index contributed by atoms with van der Waals surface area (Å²) in [4.78, 5) is 24.1. The summed E-state index contributed by atoms with van der Waals surface area (Å²) in [6.07, 6.45) is 1.81. The Hall–Kier alpha value is -1.11. The molecule has 1 heterocycles. The number of hydrogen-bond donors (Lipinski definition) is 1. The van der Waals surface area contributed by atoms with E-state index in [4.69, 9.17) is 5.11 Å². The Labute approximate surface area is 107 Å². The zero-order chi connectivity index (χ0) is 13.9. The molecule has 7 heteroatoms. The maximum atomic E-state index is 12.1. The van der Waals surface area contributed by atoms with E-state index in [2.05, 4.69) is 0 Å². The van der Waals surface area contributed by atoms with Crippen LogP contribution in [-0.4, -0.2) is 54.4 Å². The topological polar surface area (TPSA) is 91.8 Å². The maximum Gasteiger partial charge on any atom is 0.326 e. The van der Waals surface area contributed by atoms with Crippen LogP contribution in [0.5, 0.6) is 0 Å². The Morgan fingerprint density at radius 3 is 2.44 bits per heavy atom. The lowest BCUT2D eigenvalue weighted by atomic mass is 10.1. The fourth-order valence-corrected chi connectivity index (χ4v) is 4.12. The van der Waals surface area contributed by atoms with Crippen molar-refractivity contribution in [2.24, 2.45) is 0 Å². The monoisotopic (exact) mass is 277 g/mol. The lowest BCUT2D eigenvalue weighted by Crippen LogP contribution is -2.49. The van der Waals surface area contributed by atoms with E-state index >= 15 is 0 Å². The molecule has 0 aliphatic carbocycles. The van der Waals surface area contributed by atoms with Crippen molar-refractivity contribution in [3.8, 4) is 0 Å². The molecule has 104 valence electrons. The number of likely N-dealkylation sites (N-methyl/N-ethyl adjacent to an activating group) is 1. The SMILES string of the molecule is CCC(C(=O)O)N(C)C(=O)C1CCCCS1(=O)=O. The average molecular weight is 277 g/mol. The van der Waals surface area contributed by atoms with Crippen LogP contribution >= 0.6 is 0 Å². The summed E-state index contributed by atoms with van der Waals surface area (Å²) < 4.78 is 23.6. The molecule has 0 radical (unpaired) electrons. The fourth-order valence-electron chi connectivity index (χ4n) is 2.23. The number of carboxylic acid groups (broad SMARTS) is 1. The Morgan fingerprint density at radius 2 is 2.00 bits per heavy atom. The van der Waals surface area contributed by atoms with Gasteiger partial charge in [-0.2, -0.15) is 0 Å². The van der Waals surface area contributed by atoms with E-state index in [-0.39, 0.29) is 12.2 Å². The average Bonchev–Trinajstić information content (AvgIpc) is 2.27. The van der Waals surface area contributed by atoms with Crippen molar-refractivity contribution in [1.82, 2.24) is 4.90 Å². The molecule has 0 bridgehead atoms. The van der Waals surface area contributed by atoms with E-state index in [1.807, 2.05) is 0 Å². The van der Waals surface area contributed by atoms with Crippen molar-refractivity contribution in [2.45, 2.75) is 43.9 Å². The quantitative estimate of drug-likeness (QED) is 0.796. The van der Waals surface area contributed by atoms with Crippen LogP contribution in [0.4, 0.5) is 0 Å². The number of nitrogens with zero attached hydrogens (tertiary/aromatic N) is 1. The van der Waals surface area contributed by atoms with E-state index in [0.29, 0.717) is 19.3 Å². The minimum atomic E-state index is -3.42. The number of carboxylic acids is 1. The van der Waals surface area contributed by atoms with Gasteiger partial charge in [0.15, 0.2) is 9.84 Å². The van der Waals surface area contributed by atoms with Crippen molar-refractivity contribution < 1.29 is 23.1 Å². The highest BCUT2D eigenvalue weighted by Crippen LogP contribution is 2.22. The van der Waals surface area contributed by atoms with E-state index < -0.39 is 33.0 Å². The largest absolute Gasteiger partial charge is 0.480 e. The van der Waals surface area contributed by atoms with Gasteiger partial charge in [0.1, 0.15) is 11.3 Å². The Balaban J connectivity index is 2.89. The third-order valence-electron chi connectivity index (χ3n) is 3.34. The van der Waals surface area contributed by atoms with E-state index in [9.17, 15) is 18.0 Å². The van der Waals surface area contributed by atoms with Gasteiger partial charge in [0.05, 0.1) is 5.75 Å². The van der Waals surface area contributed by atoms with E-state index in [1.54, 1.807) is 6.92 Å². The van der Waals surface area contributed by atoms with Gasteiger partial charge >= 0.3 is 5.97 Å². The number of hydrogen-bond acceptors (Lipinski definition) is 4. The first-order chi connectivity index (χ1) is 8.31. The highest BCUT2D eigenvalue weighted by atomic mass is 32.2. The van der Waals surface area contributed by atoms with Crippen LogP contribution in [0.25, 0.3) is 0 Å². The molecule has 1 rings (SSSR count). The standard InChI is InChI=1S/C11H19NO5S/c1-3-8(11(14)15)12(2)10(13)9-6-4-5-7-18(9,16)17/h8-9H,3-7H2,1-2H3,(H,14,15). The van der Waals surface area contributed by atoms with Gasteiger partial charge in [0, 0.05) is 7.05 Å². The number of carbonyl (C=O) groups is 2. The van der Waals surface area contributed by atoms with Gasteiger partial charge in [0.2, 0.25) is 5.91 Å². The predicted octanol–water partition coefficient (Wildman–Crippen LogP) is 0.275. The number of sulfone groups is 1. The molecule has 0 aromatic carbocycles. The summed E-state index contributed by atoms with van der Waals surface area (Å²) >= 11 is 0. The molecular weight excluding hydrogens is 258 g/mol. The molecule has 1 N–H and O–H groups in total. The lowest BCUT2D eigenvalue weighted by molar-refractivity contribution is -0.149. The fraction of sp³-hybridized carbons (Fsp3) is 0.818. The maximum absolute atomic E-state index is 12.1. The molecule has 1 aliphatic rings. The van der Waals surface area contributed by atoms with Crippen molar-refractivity contribution in [2.75, 3.05) is 12.8 Å². The van der Waals surface area contributed by atoms with Crippen LogP contribution in [-0.2, 0) is 19.4 Å². The van der Waals surface area contributed by atoms with E-state index in [1.165, 1.54) is 7.05 Å². The Kier molecular flexibility index (Phi) is 4.72. The predicted molar refractivity (Wildman–Crippen MR) is 65.9 cm³/mol. The molecule has 0 aromatic heterocycles. The Morgan fingerprint density at radius 1 is 1.39 bits per heavy atom. The Bertz CT molecular complexity index is 431. The van der Waals surface area contributed by atoms with Crippen molar-refractivity contribution in [1.29, 1.82) is 0 Å². The molecule has 1 fully saturated rings. The van der Waals surface area contributed by atoms with Gasteiger partial charge in [-0.05, 0) is 19.3 Å². The minimum absolute atomic E-state index is 0.0150. The number of aliphatic carboxylic acids is 1. The van der Waals surface area contributed by atoms with Gasteiger partial charge < -0.3 is 10.0 Å². The summed E-state index contributed by atoms with van der Waals surface area (Å²) in [5.41, 5.74) is 0. The van der Waals surface area contributed by atoms with Crippen LogP contribution < -0.4 is 0 Å². The zero-order valence-corrected chi connectivity index (χ0v) is 11.4. The second-order valence-electron chi connectivity index (χ2n) is 4.56. The summed E-state index contributed by atoms with van der Waals surface area (Å²) in [6, 6.07) is -0.963. The first-order valence-corrected chi connectivity index (χ1v) is 7.73. The van der Waals surface area contributed by atoms with Gasteiger partial charge in [-0.15, -0.1) is 0 Å². The number of rotatable bonds is 4. The van der Waals surface area contributed by atoms with Crippen LogP contribution in [0.3, 0.4) is 0 Å². The van der Waals surface area contributed by atoms with Crippen LogP contribution in [0, 0.1) is 0 Å². The van der Waals surface area contributed by atoms with Gasteiger partial charge in [-0.25, -0.2) is 13.2 Å². The molecule has 0 saturated carbocycles. The second kappa shape index (κ2) is 5.69. The number of carbonyl (C=O) groups excluding carboxylic acids is 1. The first-order valence-electron chi connectivity index (χ1n) is 6.02. The summed E-state index contributed by atoms with van der Waals surface area (Å²) in [5.74, 6) is -1.69. The molecule has 0 spiro atoms. The highest BCUT2D eigenvalue weighted by Gasteiger charge is 2.39. The van der Waals surface area contributed by atoms with Crippen molar-refractivity contribution >= 4 is 21.7 Å². The van der Waals surface area contributed by atoms with Crippen LogP contribution in [0.2, 0.25) is 0 Å². The van der Waals surface area contributed by atoms with Crippen LogP contribution in [0.1, 0.15) is 32.6 Å². The second-order valence-corrected chi connectivity index (χ2v) is 6.87. The van der Waals surface area contributed by atoms with E-state index in [0.717, 1.165) is 4.90 Å². The molecule has 6 nitrogen and oxygen atoms in total. The molecule has 1 amide bonds. The molecule has 1 saturated heterocycles. The smallest absolute Gasteiger partial charge is 0.326 e. The molecule has 0 aromatic rings.